The van der Waals surface area contributed by atoms with Crippen LogP contribution in [-0.2, 0) is 14.2 Å². The van der Waals surface area contributed by atoms with Gasteiger partial charge in [-0.3, -0.25) is 0 Å². The van der Waals surface area contributed by atoms with Gasteiger partial charge in [0.15, 0.2) is 6.29 Å². The Morgan fingerprint density at radius 3 is 2.45 bits per heavy atom. The Balaban J connectivity index is 1.21. The van der Waals surface area contributed by atoms with E-state index in [1.165, 1.54) is 7.11 Å². The average Bonchev–Trinajstić information content (AvgIpc) is 3.34. The normalized spacial score (nSPS) is 49.5. The highest BCUT2D eigenvalue weighted by atomic mass is 16.7. The maximum absolute atomic E-state index is 12.4. The molecule has 1 aliphatic heterocycles. The number of allylic oxidation sites excluding steroid dienone is 3. The summed E-state index contributed by atoms with van der Waals surface area (Å²) in [5.74, 6) is 1.07. The first-order valence-electron chi connectivity index (χ1n) is 17.0. The summed E-state index contributed by atoms with van der Waals surface area (Å²) in [6.07, 6.45) is 6.17. The molecule has 1 saturated heterocycles. The van der Waals surface area contributed by atoms with Crippen LogP contribution in [0.1, 0.15) is 79.6 Å². The number of aliphatic hydroxyl groups is 6. The van der Waals surface area contributed by atoms with Crippen molar-refractivity contribution in [3.8, 4) is 0 Å². The Morgan fingerprint density at radius 1 is 1.05 bits per heavy atom. The number of ether oxygens (including phenoxy) is 3. The summed E-state index contributed by atoms with van der Waals surface area (Å²) in [4.78, 5) is 0. The van der Waals surface area contributed by atoms with Crippen molar-refractivity contribution in [1.29, 1.82) is 0 Å². The second kappa shape index (κ2) is 13.0. The molecule has 44 heavy (non-hydrogen) atoms. The molecule has 0 aromatic carbocycles. The Kier molecular flexibility index (Phi) is 10.2. The van der Waals surface area contributed by atoms with Gasteiger partial charge >= 0.3 is 0 Å². The molecule has 9 unspecified atom stereocenters. The third-order valence-electron chi connectivity index (χ3n) is 13.0. The van der Waals surface area contributed by atoms with E-state index in [9.17, 15) is 30.6 Å². The zero-order valence-corrected chi connectivity index (χ0v) is 27.5. The Morgan fingerprint density at radius 2 is 1.77 bits per heavy atom. The zero-order chi connectivity index (χ0) is 32.2. The Hall–Kier alpha value is -0.880. The van der Waals surface area contributed by atoms with Crippen LogP contribution in [0.4, 0.5) is 0 Å². The van der Waals surface area contributed by atoms with Gasteiger partial charge in [-0.1, -0.05) is 52.8 Å². The molecule has 4 fully saturated rings. The molecule has 0 bridgehead atoms. The fraction of sp³-hybridized carbons (Fsp3) is 0.886. The van der Waals surface area contributed by atoms with Gasteiger partial charge in [-0.05, 0) is 90.4 Å². The summed E-state index contributed by atoms with van der Waals surface area (Å²) in [5.41, 5.74) is -0.175. The Labute approximate surface area is 263 Å². The van der Waals surface area contributed by atoms with Crippen molar-refractivity contribution in [2.75, 3.05) is 20.3 Å². The third-order valence-corrected chi connectivity index (χ3v) is 13.0. The number of fused-ring (bicyclic) bond motifs is 5. The van der Waals surface area contributed by atoms with Gasteiger partial charge in [0.1, 0.15) is 24.4 Å². The highest BCUT2D eigenvalue weighted by molar-refractivity contribution is 5.37. The minimum Gasteiger partial charge on any atom is -0.394 e. The van der Waals surface area contributed by atoms with E-state index in [-0.39, 0.29) is 46.5 Å². The molecule has 9 heteroatoms. The zero-order valence-electron chi connectivity index (χ0n) is 27.5. The van der Waals surface area contributed by atoms with Crippen LogP contribution in [0.3, 0.4) is 0 Å². The van der Waals surface area contributed by atoms with E-state index in [4.69, 9.17) is 14.2 Å². The molecule has 4 aliphatic carbocycles. The number of hydrogen-bond acceptors (Lipinski definition) is 9. The van der Waals surface area contributed by atoms with Gasteiger partial charge in [-0.15, -0.1) is 0 Å². The molecule has 3 saturated carbocycles. The first kappa shape index (κ1) is 34.5. The molecule has 9 nitrogen and oxygen atoms in total. The summed E-state index contributed by atoms with van der Waals surface area (Å²) >= 11 is 0. The minimum absolute atomic E-state index is 0.0324. The van der Waals surface area contributed by atoms with Crippen LogP contribution in [0, 0.1) is 46.3 Å². The van der Waals surface area contributed by atoms with Crippen LogP contribution in [0.2, 0.25) is 0 Å². The summed E-state index contributed by atoms with van der Waals surface area (Å²) in [6.45, 7) is 11.0. The predicted molar refractivity (Wildman–Crippen MR) is 165 cm³/mol. The van der Waals surface area contributed by atoms with Gasteiger partial charge in [0.05, 0.1) is 31.0 Å². The molecule has 0 aromatic heterocycles. The van der Waals surface area contributed by atoms with Crippen molar-refractivity contribution in [2.45, 2.75) is 128 Å². The lowest BCUT2D eigenvalue weighted by Gasteiger charge is -2.64. The highest BCUT2D eigenvalue weighted by Crippen LogP contribution is 2.68. The van der Waals surface area contributed by atoms with E-state index in [1.54, 1.807) is 0 Å². The summed E-state index contributed by atoms with van der Waals surface area (Å²) in [6, 6.07) is 0. The second-order valence-corrected chi connectivity index (χ2v) is 15.5. The molecule has 0 aromatic rings. The summed E-state index contributed by atoms with van der Waals surface area (Å²) in [5, 5.41) is 64.5. The molecule has 0 amide bonds. The molecule has 1 heterocycles. The Bertz CT molecular complexity index is 1060. The maximum Gasteiger partial charge on any atom is 0.186 e. The predicted octanol–water partition coefficient (Wildman–Crippen LogP) is 2.95. The van der Waals surface area contributed by atoms with Crippen LogP contribution in [0.5, 0.6) is 0 Å². The smallest absolute Gasteiger partial charge is 0.186 e. The fourth-order valence-electron chi connectivity index (χ4n) is 10.1. The van der Waals surface area contributed by atoms with Crippen molar-refractivity contribution in [3.63, 3.8) is 0 Å². The molecular formula is C35H58O9. The molecule has 5 rings (SSSR count). The molecule has 0 radical (unpaired) electrons. The average molecular weight is 623 g/mol. The van der Waals surface area contributed by atoms with Crippen molar-refractivity contribution >= 4 is 0 Å². The van der Waals surface area contributed by atoms with Crippen LogP contribution < -0.4 is 0 Å². The molecular weight excluding hydrogens is 564 g/mol. The number of methoxy groups -OCH3 is 1. The van der Waals surface area contributed by atoms with E-state index < -0.39 is 49.0 Å². The van der Waals surface area contributed by atoms with Crippen molar-refractivity contribution in [2.24, 2.45) is 46.3 Å². The van der Waals surface area contributed by atoms with E-state index >= 15 is 0 Å². The molecule has 16 atom stereocenters. The number of hydrogen-bond donors (Lipinski definition) is 6. The summed E-state index contributed by atoms with van der Waals surface area (Å²) in [7, 11) is 1.40. The molecule has 0 spiro atoms. The van der Waals surface area contributed by atoms with Crippen LogP contribution in [-0.4, -0.2) is 99.5 Å². The number of rotatable bonds is 9. The number of aliphatic hydroxyl groups excluding tert-OH is 5. The largest absolute Gasteiger partial charge is 0.394 e. The first-order valence-corrected chi connectivity index (χ1v) is 17.0. The fourth-order valence-corrected chi connectivity index (χ4v) is 10.1. The van der Waals surface area contributed by atoms with E-state index in [0.29, 0.717) is 25.4 Å². The van der Waals surface area contributed by atoms with E-state index in [0.717, 1.165) is 37.7 Å². The standard InChI is InChI=1S/C35H58O9/c1-19(21(3)18-43-32-30(40)31(42-6)29(39)26(17-36)44-32)7-8-20(2)23-9-10-27-33(23,4)14-12-28-34(5)13-11-22(37)15-24(34)25(38)16-35(27,28)41/h7-8,10,19-26,28-32,36-41H,9,11-18H2,1-6H3/b8-7+/t19?,20-,21?,22+,23-,24?,25+,26?,28?,29?,30?,31?,32?,33-,34+,35-/m1/s1. The molecule has 6 N–H and O–H groups in total. The minimum atomic E-state index is -1.17. The third kappa shape index (κ3) is 5.77. The van der Waals surface area contributed by atoms with Crippen molar-refractivity contribution in [1.82, 2.24) is 0 Å². The monoisotopic (exact) mass is 622 g/mol. The molecule has 252 valence electrons. The van der Waals surface area contributed by atoms with Gasteiger partial charge in [0.2, 0.25) is 0 Å². The van der Waals surface area contributed by atoms with Gasteiger partial charge < -0.3 is 44.8 Å². The van der Waals surface area contributed by atoms with Gasteiger partial charge in [0.25, 0.3) is 0 Å². The van der Waals surface area contributed by atoms with Crippen molar-refractivity contribution < 1.29 is 44.8 Å². The maximum atomic E-state index is 12.4. The van der Waals surface area contributed by atoms with Gasteiger partial charge in [-0.2, -0.15) is 0 Å². The van der Waals surface area contributed by atoms with E-state index in [2.05, 4.69) is 52.8 Å². The van der Waals surface area contributed by atoms with Gasteiger partial charge in [-0.25, -0.2) is 0 Å². The first-order chi connectivity index (χ1) is 20.7. The lowest BCUT2D eigenvalue weighted by Crippen LogP contribution is -2.65. The second-order valence-electron chi connectivity index (χ2n) is 15.5. The van der Waals surface area contributed by atoms with Crippen LogP contribution in [0.25, 0.3) is 0 Å². The summed E-state index contributed by atoms with van der Waals surface area (Å²) < 4.78 is 16.8. The van der Waals surface area contributed by atoms with Crippen LogP contribution >= 0.6 is 0 Å². The lowest BCUT2D eigenvalue weighted by molar-refractivity contribution is -0.306. The lowest BCUT2D eigenvalue weighted by atomic mass is 9.43. The van der Waals surface area contributed by atoms with Crippen LogP contribution in [0.15, 0.2) is 23.8 Å². The topological polar surface area (TPSA) is 149 Å². The SMILES string of the molecule is COC1C(O)C(CO)OC(OCC(C)C(C)/C=C/[C@@H](C)[C@H]2CC=C3[C@]4(O)C[C@H](O)C5C[C@@H](O)CC[C@]5(C)C4CC[C@@]32C)C1O. The quantitative estimate of drug-likeness (QED) is 0.214. The highest BCUT2D eigenvalue weighted by Gasteiger charge is 2.66. The molecule has 5 aliphatic rings. The van der Waals surface area contributed by atoms with E-state index in [1.807, 2.05) is 0 Å². The van der Waals surface area contributed by atoms with Gasteiger partial charge in [0, 0.05) is 13.5 Å². The van der Waals surface area contributed by atoms with Crippen molar-refractivity contribution in [3.05, 3.63) is 23.8 Å².